The number of hydrogen-bond acceptors (Lipinski definition) is 4. The molecule has 1 heterocycles. The van der Waals surface area contributed by atoms with Gasteiger partial charge >= 0.3 is 0 Å². The normalized spacial score (nSPS) is 12.2. The monoisotopic (exact) mass is 369 g/mol. The molecule has 0 spiro atoms. The van der Waals surface area contributed by atoms with Crippen molar-refractivity contribution in [2.75, 3.05) is 20.8 Å². The van der Waals surface area contributed by atoms with Crippen molar-refractivity contribution in [1.29, 1.82) is 0 Å². The summed E-state index contributed by atoms with van der Waals surface area (Å²) in [4.78, 5) is 2.57. The standard InChI is InChI=1S/C16H20BrNO2S/c1-5-18-16(15-9-12(17)10(2)21-15)11-6-7-13(19-3)14(8-11)20-4/h6-9,16,18H,5H2,1-4H3. The van der Waals surface area contributed by atoms with Crippen LogP contribution in [0, 0.1) is 6.92 Å². The smallest absolute Gasteiger partial charge is 0.161 e. The fraction of sp³-hybridized carbons (Fsp3) is 0.375. The molecule has 114 valence electrons. The van der Waals surface area contributed by atoms with Gasteiger partial charge in [0.1, 0.15) is 0 Å². The molecule has 2 rings (SSSR count). The first kappa shape index (κ1) is 16.3. The Bertz CT molecular complexity index is 593. The highest BCUT2D eigenvalue weighted by Crippen LogP contribution is 2.36. The third kappa shape index (κ3) is 3.59. The van der Waals surface area contributed by atoms with Crippen LogP contribution in [0.15, 0.2) is 28.7 Å². The van der Waals surface area contributed by atoms with Crippen LogP contribution in [0.5, 0.6) is 11.5 Å². The molecule has 0 aliphatic carbocycles. The van der Waals surface area contributed by atoms with Gasteiger partial charge in [0.2, 0.25) is 0 Å². The summed E-state index contributed by atoms with van der Waals surface area (Å²) in [7, 11) is 3.31. The largest absolute Gasteiger partial charge is 0.493 e. The summed E-state index contributed by atoms with van der Waals surface area (Å²) in [5.74, 6) is 1.50. The molecule has 1 unspecified atom stereocenters. The third-order valence-electron chi connectivity index (χ3n) is 3.31. The minimum Gasteiger partial charge on any atom is -0.493 e. The van der Waals surface area contributed by atoms with E-state index >= 15 is 0 Å². The molecule has 0 fully saturated rings. The van der Waals surface area contributed by atoms with E-state index in [4.69, 9.17) is 9.47 Å². The molecule has 0 aliphatic rings. The lowest BCUT2D eigenvalue weighted by atomic mass is 10.0. The molecule has 1 N–H and O–H groups in total. The first-order chi connectivity index (χ1) is 10.1. The highest BCUT2D eigenvalue weighted by atomic mass is 79.9. The van der Waals surface area contributed by atoms with Crippen molar-refractivity contribution in [1.82, 2.24) is 5.32 Å². The van der Waals surface area contributed by atoms with Crippen LogP contribution in [0.4, 0.5) is 0 Å². The van der Waals surface area contributed by atoms with Crippen LogP contribution in [0.2, 0.25) is 0 Å². The first-order valence-corrected chi connectivity index (χ1v) is 8.42. The number of rotatable bonds is 6. The second kappa shape index (κ2) is 7.29. The molecular weight excluding hydrogens is 350 g/mol. The number of benzene rings is 1. The molecule has 0 saturated carbocycles. The predicted octanol–water partition coefficient (Wildman–Crippen LogP) is 4.54. The van der Waals surface area contributed by atoms with Gasteiger partial charge in [0.15, 0.2) is 11.5 Å². The van der Waals surface area contributed by atoms with Crippen LogP contribution in [-0.4, -0.2) is 20.8 Å². The number of nitrogens with one attached hydrogen (secondary N) is 1. The van der Waals surface area contributed by atoms with Crippen molar-refractivity contribution in [2.24, 2.45) is 0 Å². The van der Waals surface area contributed by atoms with E-state index in [1.165, 1.54) is 15.3 Å². The number of halogens is 1. The summed E-state index contributed by atoms with van der Waals surface area (Å²) < 4.78 is 11.9. The predicted molar refractivity (Wildman–Crippen MR) is 91.8 cm³/mol. The van der Waals surface area contributed by atoms with Gasteiger partial charge in [-0.2, -0.15) is 0 Å². The van der Waals surface area contributed by atoms with Gasteiger partial charge < -0.3 is 14.8 Å². The fourth-order valence-electron chi connectivity index (χ4n) is 2.24. The molecule has 0 amide bonds. The van der Waals surface area contributed by atoms with E-state index in [9.17, 15) is 0 Å². The molecule has 0 saturated heterocycles. The number of methoxy groups -OCH3 is 2. The maximum Gasteiger partial charge on any atom is 0.161 e. The van der Waals surface area contributed by atoms with Crippen LogP contribution in [-0.2, 0) is 0 Å². The first-order valence-electron chi connectivity index (χ1n) is 6.81. The van der Waals surface area contributed by atoms with Crippen molar-refractivity contribution in [3.63, 3.8) is 0 Å². The quantitative estimate of drug-likeness (QED) is 0.810. The fourth-order valence-corrected chi connectivity index (χ4v) is 3.91. The van der Waals surface area contributed by atoms with Crippen LogP contribution < -0.4 is 14.8 Å². The number of aryl methyl sites for hydroxylation is 1. The van der Waals surface area contributed by atoms with Crippen molar-refractivity contribution < 1.29 is 9.47 Å². The molecular formula is C16H20BrNO2S. The zero-order chi connectivity index (χ0) is 15.4. The Morgan fingerprint density at radius 2 is 1.90 bits per heavy atom. The third-order valence-corrected chi connectivity index (χ3v) is 5.51. The van der Waals surface area contributed by atoms with Crippen LogP contribution in [0.3, 0.4) is 0 Å². The van der Waals surface area contributed by atoms with E-state index in [2.05, 4.69) is 47.2 Å². The molecule has 1 atom stereocenters. The topological polar surface area (TPSA) is 30.5 Å². The Labute approximate surface area is 138 Å². The minimum absolute atomic E-state index is 0.157. The van der Waals surface area contributed by atoms with Gasteiger partial charge in [-0.15, -0.1) is 11.3 Å². The zero-order valence-electron chi connectivity index (χ0n) is 12.7. The zero-order valence-corrected chi connectivity index (χ0v) is 15.1. The average Bonchev–Trinajstić information content (AvgIpc) is 2.83. The summed E-state index contributed by atoms with van der Waals surface area (Å²) in [6, 6.07) is 8.41. The van der Waals surface area contributed by atoms with Crippen molar-refractivity contribution in [3.8, 4) is 11.5 Å². The Morgan fingerprint density at radius 1 is 1.19 bits per heavy atom. The van der Waals surface area contributed by atoms with E-state index in [1.807, 2.05) is 12.1 Å². The maximum absolute atomic E-state index is 5.41. The summed E-state index contributed by atoms with van der Waals surface area (Å²) in [5, 5.41) is 3.54. The molecule has 3 nitrogen and oxygen atoms in total. The van der Waals surface area contributed by atoms with Gasteiger partial charge in [-0.1, -0.05) is 13.0 Å². The molecule has 5 heteroatoms. The molecule has 1 aromatic heterocycles. The Kier molecular flexibility index (Phi) is 5.67. The Hall–Kier alpha value is -1.04. The van der Waals surface area contributed by atoms with E-state index in [0.29, 0.717) is 0 Å². The lowest BCUT2D eigenvalue weighted by Gasteiger charge is -2.18. The summed E-state index contributed by atoms with van der Waals surface area (Å²) in [6.07, 6.45) is 0. The van der Waals surface area contributed by atoms with Crippen LogP contribution >= 0.6 is 27.3 Å². The number of thiophene rings is 1. The minimum atomic E-state index is 0.157. The second-order valence-electron chi connectivity index (χ2n) is 4.66. The summed E-state index contributed by atoms with van der Waals surface area (Å²) in [5.41, 5.74) is 1.17. The lowest BCUT2D eigenvalue weighted by Crippen LogP contribution is -2.21. The van der Waals surface area contributed by atoms with Gasteiger partial charge in [-0.3, -0.25) is 0 Å². The van der Waals surface area contributed by atoms with Crippen LogP contribution in [0.1, 0.15) is 28.3 Å². The van der Waals surface area contributed by atoms with Crippen molar-refractivity contribution >= 4 is 27.3 Å². The van der Waals surface area contributed by atoms with Gasteiger partial charge in [-0.25, -0.2) is 0 Å². The lowest BCUT2D eigenvalue weighted by molar-refractivity contribution is 0.354. The van der Waals surface area contributed by atoms with E-state index in [0.717, 1.165) is 22.5 Å². The second-order valence-corrected chi connectivity index (χ2v) is 6.80. The van der Waals surface area contributed by atoms with Crippen LogP contribution in [0.25, 0.3) is 0 Å². The van der Waals surface area contributed by atoms with Gasteiger partial charge in [0.05, 0.1) is 20.3 Å². The van der Waals surface area contributed by atoms with Crippen molar-refractivity contribution in [3.05, 3.63) is 44.1 Å². The van der Waals surface area contributed by atoms with Gasteiger partial charge in [0.25, 0.3) is 0 Å². The van der Waals surface area contributed by atoms with Gasteiger partial charge in [-0.05, 0) is 53.2 Å². The molecule has 2 aromatic rings. The summed E-state index contributed by atoms with van der Waals surface area (Å²) in [6.45, 7) is 5.13. The van der Waals surface area contributed by atoms with Gasteiger partial charge in [0, 0.05) is 14.2 Å². The highest BCUT2D eigenvalue weighted by molar-refractivity contribution is 9.10. The van der Waals surface area contributed by atoms with E-state index in [-0.39, 0.29) is 6.04 Å². The molecule has 0 radical (unpaired) electrons. The highest BCUT2D eigenvalue weighted by Gasteiger charge is 2.18. The molecule has 0 bridgehead atoms. The molecule has 0 aliphatic heterocycles. The molecule has 1 aromatic carbocycles. The van der Waals surface area contributed by atoms with E-state index < -0.39 is 0 Å². The number of hydrogen-bond donors (Lipinski definition) is 1. The Balaban J connectivity index is 2.42. The Morgan fingerprint density at radius 3 is 2.43 bits per heavy atom. The average molecular weight is 370 g/mol. The summed E-state index contributed by atoms with van der Waals surface area (Å²) >= 11 is 5.40. The van der Waals surface area contributed by atoms with Crippen molar-refractivity contribution in [2.45, 2.75) is 19.9 Å². The van der Waals surface area contributed by atoms with E-state index in [1.54, 1.807) is 25.6 Å². The maximum atomic E-state index is 5.41. The molecule has 21 heavy (non-hydrogen) atoms. The number of ether oxygens (including phenoxy) is 2. The SMILES string of the molecule is CCNC(c1ccc(OC)c(OC)c1)c1cc(Br)c(C)s1.